The van der Waals surface area contributed by atoms with Crippen LogP contribution >= 0.6 is 0 Å². The normalized spacial score (nSPS) is 30.2. The van der Waals surface area contributed by atoms with Crippen LogP contribution in [-0.4, -0.2) is 12.1 Å². The van der Waals surface area contributed by atoms with Crippen molar-refractivity contribution < 1.29 is 14.3 Å². The van der Waals surface area contributed by atoms with Crippen LogP contribution < -0.4 is 0 Å². The second-order valence-electron chi connectivity index (χ2n) is 8.40. The van der Waals surface area contributed by atoms with Gasteiger partial charge in [0.2, 0.25) is 0 Å². The monoisotopic (exact) mass is 364 g/mol. The summed E-state index contributed by atoms with van der Waals surface area (Å²) in [7, 11) is 0. The molecule has 0 saturated heterocycles. The van der Waals surface area contributed by atoms with E-state index in [4.69, 9.17) is 9.47 Å². The minimum absolute atomic E-state index is 0.0629. The van der Waals surface area contributed by atoms with E-state index < -0.39 is 5.79 Å². The predicted octanol–water partition coefficient (Wildman–Crippen LogP) is 5.54. The van der Waals surface area contributed by atoms with Crippen LogP contribution in [0.3, 0.4) is 0 Å². The first-order valence-electron chi connectivity index (χ1n) is 10.1. The summed E-state index contributed by atoms with van der Waals surface area (Å²) in [6, 6.07) is 17.5. The molecule has 0 aromatic heterocycles. The summed E-state index contributed by atoms with van der Waals surface area (Å²) >= 11 is 0. The SMILES string of the molecule is CC(C)[C@H]1CC[C@@H](C)C[C@H]1O[C@]1(c2ccccc2)OC(=O)c2ccccc21. The molecule has 2 aliphatic rings. The Hall–Kier alpha value is -2.13. The molecule has 0 spiro atoms. The van der Waals surface area contributed by atoms with Crippen molar-refractivity contribution in [1.29, 1.82) is 0 Å². The lowest BCUT2D eigenvalue weighted by atomic mass is 9.75. The number of rotatable bonds is 4. The zero-order valence-electron chi connectivity index (χ0n) is 16.4. The Bertz CT molecular complexity index is 813. The van der Waals surface area contributed by atoms with Crippen molar-refractivity contribution in [3.8, 4) is 0 Å². The first kappa shape index (κ1) is 18.2. The molecule has 3 nitrogen and oxygen atoms in total. The van der Waals surface area contributed by atoms with Gasteiger partial charge in [0.1, 0.15) is 0 Å². The standard InChI is InChI=1S/C24H28O3/c1-16(2)19-14-13-17(3)15-22(19)26-24(18-9-5-4-6-10-18)21-12-8-7-11-20(21)23(25)27-24/h4-12,16-17,19,22H,13-15H2,1-3H3/t17-,19-,22-,24-/m1/s1. The van der Waals surface area contributed by atoms with Crippen LogP contribution in [0.25, 0.3) is 0 Å². The number of hydrogen-bond donors (Lipinski definition) is 0. The maximum absolute atomic E-state index is 12.7. The van der Waals surface area contributed by atoms with Crippen LogP contribution in [-0.2, 0) is 15.3 Å². The molecule has 2 aromatic rings. The van der Waals surface area contributed by atoms with Crippen molar-refractivity contribution in [2.45, 2.75) is 51.9 Å². The number of carbonyl (C=O) groups excluding carboxylic acids is 1. The highest BCUT2D eigenvalue weighted by molar-refractivity contribution is 5.95. The largest absolute Gasteiger partial charge is 0.420 e. The van der Waals surface area contributed by atoms with Crippen LogP contribution in [0, 0.1) is 17.8 Å². The van der Waals surface area contributed by atoms with E-state index in [9.17, 15) is 4.79 Å². The molecule has 3 heteroatoms. The van der Waals surface area contributed by atoms with Crippen molar-refractivity contribution >= 4 is 5.97 Å². The lowest BCUT2D eigenvalue weighted by Gasteiger charge is -2.42. The van der Waals surface area contributed by atoms with Gasteiger partial charge in [-0.05, 0) is 36.7 Å². The van der Waals surface area contributed by atoms with Crippen molar-refractivity contribution in [2.75, 3.05) is 0 Å². The first-order chi connectivity index (χ1) is 13.0. The molecule has 2 aromatic carbocycles. The molecule has 27 heavy (non-hydrogen) atoms. The highest BCUT2D eigenvalue weighted by atomic mass is 16.7. The molecule has 1 saturated carbocycles. The zero-order chi connectivity index (χ0) is 19.0. The smallest absolute Gasteiger partial charge is 0.341 e. The number of hydrogen-bond acceptors (Lipinski definition) is 3. The van der Waals surface area contributed by atoms with Crippen molar-refractivity contribution in [3.63, 3.8) is 0 Å². The molecule has 0 N–H and O–H groups in total. The van der Waals surface area contributed by atoms with E-state index in [0.717, 1.165) is 24.0 Å². The zero-order valence-corrected chi connectivity index (χ0v) is 16.4. The van der Waals surface area contributed by atoms with Crippen molar-refractivity contribution in [3.05, 3.63) is 71.3 Å². The fourth-order valence-electron chi connectivity index (χ4n) is 4.68. The highest BCUT2D eigenvalue weighted by Crippen LogP contribution is 2.47. The number of carbonyl (C=O) groups is 1. The molecule has 1 aliphatic carbocycles. The predicted molar refractivity (Wildman–Crippen MR) is 105 cm³/mol. The van der Waals surface area contributed by atoms with E-state index in [0.29, 0.717) is 23.3 Å². The van der Waals surface area contributed by atoms with Crippen LogP contribution in [0.5, 0.6) is 0 Å². The third-order valence-corrected chi connectivity index (χ3v) is 6.17. The molecule has 0 radical (unpaired) electrons. The molecule has 1 heterocycles. The summed E-state index contributed by atoms with van der Waals surface area (Å²) in [4.78, 5) is 12.7. The van der Waals surface area contributed by atoms with Crippen LogP contribution in [0.2, 0.25) is 0 Å². The molecule has 1 fully saturated rings. The maximum Gasteiger partial charge on any atom is 0.341 e. The Balaban J connectivity index is 1.80. The molecule has 0 unspecified atom stereocenters. The summed E-state index contributed by atoms with van der Waals surface area (Å²) in [5, 5.41) is 0. The van der Waals surface area contributed by atoms with Gasteiger partial charge in [-0.3, -0.25) is 0 Å². The van der Waals surface area contributed by atoms with Crippen LogP contribution in [0.15, 0.2) is 54.6 Å². The van der Waals surface area contributed by atoms with Gasteiger partial charge in [0, 0.05) is 11.1 Å². The molecule has 142 valence electrons. The van der Waals surface area contributed by atoms with E-state index in [1.54, 1.807) is 0 Å². The topological polar surface area (TPSA) is 35.5 Å². The molecular formula is C24H28O3. The van der Waals surface area contributed by atoms with Gasteiger partial charge < -0.3 is 9.47 Å². The summed E-state index contributed by atoms with van der Waals surface area (Å²) in [6.07, 6.45) is 3.45. The van der Waals surface area contributed by atoms with Gasteiger partial charge in [0.15, 0.2) is 0 Å². The Kier molecular flexibility index (Phi) is 4.81. The molecule has 0 amide bonds. The molecule has 4 atom stereocenters. The number of esters is 1. The molecule has 0 bridgehead atoms. The summed E-state index contributed by atoms with van der Waals surface area (Å²) in [6.45, 7) is 6.82. The van der Waals surface area contributed by atoms with Crippen LogP contribution in [0.4, 0.5) is 0 Å². The fraction of sp³-hybridized carbons (Fsp3) is 0.458. The summed E-state index contributed by atoms with van der Waals surface area (Å²) in [5.41, 5.74) is 2.30. The maximum atomic E-state index is 12.7. The second kappa shape index (κ2) is 7.12. The molecule has 1 aliphatic heterocycles. The number of benzene rings is 2. The van der Waals surface area contributed by atoms with E-state index in [-0.39, 0.29) is 12.1 Å². The molecular weight excluding hydrogens is 336 g/mol. The Morgan fingerprint density at radius 2 is 1.74 bits per heavy atom. The van der Waals surface area contributed by atoms with Gasteiger partial charge in [-0.2, -0.15) is 0 Å². The van der Waals surface area contributed by atoms with Gasteiger partial charge in [-0.1, -0.05) is 75.7 Å². The van der Waals surface area contributed by atoms with E-state index >= 15 is 0 Å². The van der Waals surface area contributed by atoms with Gasteiger partial charge in [-0.25, -0.2) is 4.79 Å². The van der Waals surface area contributed by atoms with E-state index in [1.807, 2.05) is 54.6 Å². The lowest BCUT2D eigenvalue weighted by molar-refractivity contribution is -0.226. The Morgan fingerprint density at radius 3 is 2.48 bits per heavy atom. The Morgan fingerprint density at radius 1 is 1.04 bits per heavy atom. The van der Waals surface area contributed by atoms with Crippen LogP contribution in [0.1, 0.15) is 61.5 Å². The minimum atomic E-state index is -1.15. The summed E-state index contributed by atoms with van der Waals surface area (Å²) < 4.78 is 12.8. The second-order valence-corrected chi connectivity index (χ2v) is 8.40. The van der Waals surface area contributed by atoms with Gasteiger partial charge in [0.25, 0.3) is 5.79 Å². The average molecular weight is 364 g/mol. The average Bonchev–Trinajstić information content (AvgIpc) is 2.96. The quantitative estimate of drug-likeness (QED) is 0.669. The van der Waals surface area contributed by atoms with E-state index in [1.165, 1.54) is 6.42 Å². The third kappa shape index (κ3) is 3.19. The minimum Gasteiger partial charge on any atom is -0.420 e. The lowest BCUT2D eigenvalue weighted by Crippen LogP contribution is -2.42. The third-order valence-electron chi connectivity index (χ3n) is 6.17. The number of cyclic esters (lactones) is 1. The Labute approximate surface area is 161 Å². The summed E-state index contributed by atoms with van der Waals surface area (Å²) in [5.74, 6) is 0.157. The van der Waals surface area contributed by atoms with E-state index in [2.05, 4.69) is 20.8 Å². The first-order valence-corrected chi connectivity index (χ1v) is 10.1. The highest BCUT2D eigenvalue weighted by Gasteiger charge is 2.51. The molecule has 4 rings (SSSR count). The van der Waals surface area contributed by atoms with Crippen molar-refractivity contribution in [2.24, 2.45) is 17.8 Å². The van der Waals surface area contributed by atoms with Crippen molar-refractivity contribution in [1.82, 2.24) is 0 Å². The number of fused-ring (bicyclic) bond motifs is 1. The fourth-order valence-corrected chi connectivity index (χ4v) is 4.68. The van der Waals surface area contributed by atoms with Gasteiger partial charge in [0.05, 0.1) is 11.7 Å². The number of ether oxygens (including phenoxy) is 2. The van der Waals surface area contributed by atoms with Gasteiger partial charge in [-0.15, -0.1) is 0 Å². The van der Waals surface area contributed by atoms with Gasteiger partial charge >= 0.3 is 5.97 Å².